The highest BCUT2D eigenvalue weighted by Crippen LogP contribution is 2.06. The third-order valence-electron chi connectivity index (χ3n) is 2.86. The van der Waals surface area contributed by atoms with Crippen molar-refractivity contribution in [1.29, 1.82) is 0 Å². The van der Waals surface area contributed by atoms with E-state index >= 15 is 0 Å². The van der Waals surface area contributed by atoms with Crippen molar-refractivity contribution in [2.75, 3.05) is 26.2 Å². The molecule has 1 aliphatic rings. The van der Waals surface area contributed by atoms with Crippen molar-refractivity contribution in [1.82, 2.24) is 10.6 Å². The molecule has 1 atom stereocenters. The topological polar surface area (TPSA) is 70.6 Å². The molecule has 0 radical (unpaired) electrons. The Kier molecular flexibility index (Phi) is 7.16. The van der Waals surface area contributed by atoms with E-state index in [-0.39, 0.29) is 24.7 Å². The van der Waals surface area contributed by atoms with E-state index in [0.29, 0.717) is 6.54 Å². The van der Waals surface area contributed by atoms with Gasteiger partial charge in [0.05, 0.1) is 12.2 Å². The van der Waals surface area contributed by atoms with Crippen LogP contribution < -0.4 is 10.6 Å². The lowest BCUT2D eigenvalue weighted by Gasteiger charge is -2.22. The normalized spacial score (nSPS) is 18.9. The number of rotatable bonds is 7. The molecule has 0 aromatic rings. The molecular formula is C12H24N2O3. The molecule has 0 saturated carbocycles. The summed E-state index contributed by atoms with van der Waals surface area (Å²) in [5.41, 5.74) is 0. The molecule has 1 aliphatic heterocycles. The van der Waals surface area contributed by atoms with Gasteiger partial charge in [0.15, 0.2) is 0 Å². The average molecular weight is 244 g/mol. The van der Waals surface area contributed by atoms with Crippen LogP contribution in [0.4, 0.5) is 0 Å². The zero-order chi connectivity index (χ0) is 12.5. The second kappa shape index (κ2) is 8.44. The van der Waals surface area contributed by atoms with Crippen molar-refractivity contribution < 1.29 is 14.6 Å². The average Bonchev–Trinajstić information content (AvgIpc) is 2.33. The highest BCUT2D eigenvalue weighted by molar-refractivity contribution is 5.77. The number of ether oxygens (including phenoxy) is 1. The van der Waals surface area contributed by atoms with Gasteiger partial charge in [-0.25, -0.2) is 0 Å². The summed E-state index contributed by atoms with van der Waals surface area (Å²) in [7, 11) is 0. The van der Waals surface area contributed by atoms with Crippen LogP contribution in [0.2, 0.25) is 0 Å². The lowest BCUT2D eigenvalue weighted by atomic mass is 10.1. The molecular weight excluding hydrogens is 220 g/mol. The second-order valence-electron chi connectivity index (χ2n) is 4.60. The zero-order valence-electron chi connectivity index (χ0n) is 10.6. The Morgan fingerprint density at radius 1 is 1.53 bits per heavy atom. The predicted molar refractivity (Wildman–Crippen MR) is 65.8 cm³/mol. The fourth-order valence-electron chi connectivity index (χ4n) is 1.83. The van der Waals surface area contributed by atoms with Gasteiger partial charge < -0.3 is 20.5 Å². The van der Waals surface area contributed by atoms with Crippen molar-refractivity contribution in [3.63, 3.8) is 0 Å². The molecule has 0 aromatic carbocycles. The number of hydrogen-bond donors (Lipinski definition) is 3. The highest BCUT2D eigenvalue weighted by atomic mass is 16.5. The first-order chi connectivity index (χ1) is 8.18. The van der Waals surface area contributed by atoms with Gasteiger partial charge in [-0.15, -0.1) is 0 Å². The summed E-state index contributed by atoms with van der Waals surface area (Å²) < 4.78 is 5.52. The number of hydrogen-bond acceptors (Lipinski definition) is 4. The van der Waals surface area contributed by atoms with Crippen molar-refractivity contribution in [3.8, 4) is 0 Å². The number of carbonyl (C=O) groups is 1. The van der Waals surface area contributed by atoms with Crippen LogP contribution in [-0.4, -0.2) is 49.5 Å². The molecule has 0 bridgehead atoms. The summed E-state index contributed by atoms with van der Waals surface area (Å²) in [6, 6.07) is 0. The summed E-state index contributed by atoms with van der Waals surface area (Å²) in [6.45, 7) is 4.46. The number of carbonyl (C=O) groups excluding carboxylic acids is 1. The van der Waals surface area contributed by atoms with Gasteiger partial charge in [-0.05, 0) is 45.7 Å². The standard InChI is InChI=1S/C12H24N2O3/c1-10(15)3-2-6-14-12(16)9-17-11-4-7-13-8-5-11/h10-11,13,15H,2-9H2,1H3,(H,14,16). The molecule has 100 valence electrons. The summed E-state index contributed by atoms with van der Waals surface area (Å²) >= 11 is 0. The van der Waals surface area contributed by atoms with E-state index in [9.17, 15) is 4.79 Å². The quantitative estimate of drug-likeness (QED) is 0.553. The van der Waals surface area contributed by atoms with Crippen LogP contribution >= 0.6 is 0 Å². The predicted octanol–water partition coefficient (Wildman–Crippen LogP) is 0.0322. The van der Waals surface area contributed by atoms with Gasteiger partial charge in [-0.1, -0.05) is 0 Å². The van der Waals surface area contributed by atoms with E-state index in [4.69, 9.17) is 9.84 Å². The van der Waals surface area contributed by atoms with E-state index in [1.807, 2.05) is 0 Å². The van der Waals surface area contributed by atoms with Gasteiger partial charge in [0.2, 0.25) is 5.91 Å². The largest absolute Gasteiger partial charge is 0.393 e. The van der Waals surface area contributed by atoms with Gasteiger partial charge in [-0.2, -0.15) is 0 Å². The first-order valence-corrected chi connectivity index (χ1v) is 6.45. The molecule has 5 nitrogen and oxygen atoms in total. The molecule has 1 rings (SSSR count). The molecule has 1 unspecified atom stereocenters. The fraction of sp³-hybridized carbons (Fsp3) is 0.917. The van der Waals surface area contributed by atoms with E-state index < -0.39 is 0 Å². The van der Waals surface area contributed by atoms with Crippen molar-refractivity contribution in [2.24, 2.45) is 0 Å². The smallest absolute Gasteiger partial charge is 0.246 e. The minimum atomic E-state index is -0.294. The number of aliphatic hydroxyl groups excluding tert-OH is 1. The minimum absolute atomic E-state index is 0.0610. The number of aliphatic hydroxyl groups is 1. The maximum Gasteiger partial charge on any atom is 0.246 e. The van der Waals surface area contributed by atoms with Crippen LogP contribution in [0.25, 0.3) is 0 Å². The van der Waals surface area contributed by atoms with E-state index in [0.717, 1.165) is 38.8 Å². The van der Waals surface area contributed by atoms with Crippen molar-refractivity contribution >= 4 is 5.91 Å². The van der Waals surface area contributed by atoms with Crippen LogP contribution in [-0.2, 0) is 9.53 Å². The molecule has 17 heavy (non-hydrogen) atoms. The van der Waals surface area contributed by atoms with Gasteiger partial charge in [0.1, 0.15) is 6.61 Å². The van der Waals surface area contributed by atoms with Crippen LogP contribution in [0, 0.1) is 0 Å². The Morgan fingerprint density at radius 2 is 2.24 bits per heavy atom. The Bertz CT molecular complexity index is 216. The molecule has 0 aromatic heterocycles. The maximum atomic E-state index is 11.4. The number of piperidine rings is 1. The van der Waals surface area contributed by atoms with E-state index in [2.05, 4.69) is 10.6 Å². The lowest BCUT2D eigenvalue weighted by Crippen LogP contribution is -2.36. The first kappa shape index (κ1) is 14.4. The highest BCUT2D eigenvalue weighted by Gasteiger charge is 2.14. The van der Waals surface area contributed by atoms with Crippen LogP contribution in [0.5, 0.6) is 0 Å². The molecule has 1 heterocycles. The first-order valence-electron chi connectivity index (χ1n) is 6.45. The monoisotopic (exact) mass is 244 g/mol. The molecule has 0 spiro atoms. The summed E-state index contributed by atoms with van der Waals surface area (Å²) in [5.74, 6) is -0.0610. The molecule has 5 heteroatoms. The van der Waals surface area contributed by atoms with Crippen molar-refractivity contribution in [2.45, 2.75) is 44.8 Å². The Labute approximate surface area is 103 Å². The van der Waals surface area contributed by atoms with Crippen molar-refractivity contribution in [3.05, 3.63) is 0 Å². The molecule has 0 aliphatic carbocycles. The van der Waals surface area contributed by atoms with Crippen LogP contribution in [0.3, 0.4) is 0 Å². The van der Waals surface area contributed by atoms with Crippen LogP contribution in [0.1, 0.15) is 32.6 Å². The van der Waals surface area contributed by atoms with Gasteiger partial charge in [0.25, 0.3) is 0 Å². The number of nitrogens with one attached hydrogen (secondary N) is 2. The minimum Gasteiger partial charge on any atom is -0.393 e. The second-order valence-corrected chi connectivity index (χ2v) is 4.60. The summed E-state index contributed by atoms with van der Waals surface area (Å²) in [5, 5.41) is 15.1. The Hall–Kier alpha value is -0.650. The molecule has 1 fully saturated rings. The van der Waals surface area contributed by atoms with Gasteiger partial charge >= 0.3 is 0 Å². The fourth-order valence-corrected chi connectivity index (χ4v) is 1.83. The van der Waals surface area contributed by atoms with Crippen LogP contribution in [0.15, 0.2) is 0 Å². The van der Waals surface area contributed by atoms with E-state index in [1.54, 1.807) is 6.92 Å². The maximum absolute atomic E-state index is 11.4. The van der Waals surface area contributed by atoms with Gasteiger partial charge in [-0.3, -0.25) is 4.79 Å². The Balaban J connectivity index is 1.96. The number of amides is 1. The summed E-state index contributed by atoms with van der Waals surface area (Å²) in [4.78, 5) is 11.4. The zero-order valence-corrected chi connectivity index (χ0v) is 10.6. The summed E-state index contributed by atoms with van der Waals surface area (Å²) in [6.07, 6.45) is 3.41. The SMILES string of the molecule is CC(O)CCCNC(=O)COC1CCNCC1. The molecule has 3 N–H and O–H groups in total. The third-order valence-corrected chi connectivity index (χ3v) is 2.86. The molecule has 1 amide bonds. The van der Waals surface area contributed by atoms with Gasteiger partial charge in [0, 0.05) is 6.54 Å². The molecule has 1 saturated heterocycles. The van der Waals surface area contributed by atoms with E-state index in [1.165, 1.54) is 0 Å². The Morgan fingerprint density at radius 3 is 2.88 bits per heavy atom. The lowest BCUT2D eigenvalue weighted by molar-refractivity contribution is -0.128. The third kappa shape index (κ3) is 7.31.